The van der Waals surface area contributed by atoms with Crippen LogP contribution in [0.1, 0.15) is 15.9 Å². The number of aryl methyl sites for hydroxylation is 1. The molecule has 0 saturated heterocycles. The maximum Gasteiger partial charge on any atom is 0.258 e. The zero-order valence-corrected chi connectivity index (χ0v) is 12.9. The highest BCUT2D eigenvalue weighted by atomic mass is 127. The molecule has 2 aromatic carbocycles. The first-order chi connectivity index (χ1) is 8.97. The van der Waals surface area contributed by atoms with Crippen LogP contribution in [-0.2, 0) is 0 Å². The van der Waals surface area contributed by atoms with Crippen molar-refractivity contribution in [1.82, 2.24) is 0 Å². The molecule has 0 atom stereocenters. The van der Waals surface area contributed by atoms with Crippen molar-refractivity contribution in [3.05, 3.63) is 61.9 Å². The van der Waals surface area contributed by atoms with Crippen molar-refractivity contribution in [2.75, 3.05) is 5.32 Å². The van der Waals surface area contributed by atoms with Gasteiger partial charge in [0.15, 0.2) is 0 Å². The summed E-state index contributed by atoms with van der Waals surface area (Å²) >= 11 is 7.81. The summed E-state index contributed by atoms with van der Waals surface area (Å²) in [6.07, 6.45) is 0. The molecule has 19 heavy (non-hydrogen) atoms. The Balaban J connectivity index is 2.28. The molecule has 0 bridgehead atoms. The molecule has 0 unspecified atom stereocenters. The molecule has 0 spiro atoms. The van der Waals surface area contributed by atoms with Crippen molar-refractivity contribution >= 4 is 45.8 Å². The van der Waals surface area contributed by atoms with Crippen LogP contribution in [0, 0.1) is 16.3 Å². The van der Waals surface area contributed by atoms with E-state index in [1.807, 2.05) is 25.1 Å². The SMILES string of the molecule is Cc1ccc(I)cc1NC(=O)c1ccc(Cl)cc1F. The minimum atomic E-state index is -0.631. The van der Waals surface area contributed by atoms with Gasteiger partial charge in [-0.15, -0.1) is 0 Å². The van der Waals surface area contributed by atoms with Gasteiger partial charge in [-0.1, -0.05) is 17.7 Å². The fourth-order valence-corrected chi connectivity index (χ4v) is 2.24. The van der Waals surface area contributed by atoms with Crippen LogP contribution in [0.3, 0.4) is 0 Å². The summed E-state index contributed by atoms with van der Waals surface area (Å²) in [5.74, 6) is -1.12. The number of carbonyl (C=O) groups is 1. The van der Waals surface area contributed by atoms with E-state index in [4.69, 9.17) is 11.6 Å². The Bertz CT molecular complexity index is 645. The maximum absolute atomic E-state index is 13.6. The first-order valence-electron chi connectivity index (χ1n) is 5.50. The van der Waals surface area contributed by atoms with E-state index in [1.165, 1.54) is 12.1 Å². The predicted octanol–water partition coefficient (Wildman–Crippen LogP) is 4.64. The van der Waals surface area contributed by atoms with Gasteiger partial charge in [0.05, 0.1) is 5.56 Å². The minimum absolute atomic E-state index is 0.0253. The first kappa shape index (κ1) is 14.3. The fraction of sp³-hybridized carbons (Fsp3) is 0.0714. The summed E-state index contributed by atoms with van der Waals surface area (Å²) < 4.78 is 14.6. The average Bonchev–Trinajstić information content (AvgIpc) is 2.33. The van der Waals surface area contributed by atoms with Gasteiger partial charge in [0, 0.05) is 14.3 Å². The second kappa shape index (κ2) is 5.88. The number of halogens is 3. The average molecular weight is 390 g/mol. The van der Waals surface area contributed by atoms with Crippen molar-refractivity contribution in [2.45, 2.75) is 6.92 Å². The molecular formula is C14H10ClFINO. The van der Waals surface area contributed by atoms with E-state index in [9.17, 15) is 9.18 Å². The molecule has 2 rings (SSSR count). The minimum Gasteiger partial charge on any atom is -0.322 e. The Morgan fingerprint density at radius 2 is 2.00 bits per heavy atom. The fourth-order valence-electron chi connectivity index (χ4n) is 1.59. The summed E-state index contributed by atoms with van der Waals surface area (Å²) in [5.41, 5.74) is 1.57. The lowest BCUT2D eigenvalue weighted by atomic mass is 10.1. The van der Waals surface area contributed by atoms with Crippen LogP contribution in [0.2, 0.25) is 5.02 Å². The van der Waals surface area contributed by atoms with Gasteiger partial charge in [-0.25, -0.2) is 4.39 Å². The molecule has 0 aliphatic carbocycles. The highest BCUT2D eigenvalue weighted by Gasteiger charge is 2.13. The number of rotatable bonds is 2. The highest BCUT2D eigenvalue weighted by Crippen LogP contribution is 2.20. The summed E-state index contributed by atoms with van der Waals surface area (Å²) in [4.78, 5) is 12.0. The predicted molar refractivity (Wildman–Crippen MR) is 83.3 cm³/mol. The van der Waals surface area contributed by atoms with Crippen LogP contribution in [0.5, 0.6) is 0 Å². The topological polar surface area (TPSA) is 29.1 Å². The number of hydrogen-bond donors (Lipinski definition) is 1. The number of amides is 1. The molecule has 0 fully saturated rings. The third-order valence-electron chi connectivity index (χ3n) is 2.62. The van der Waals surface area contributed by atoms with Gasteiger partial charge in [0.1, 0.15) is 5.82 Å². The molecule has 0 aromatic heterocycles. The molecule has 1 N–H and O–H groups in total. The standard InChI is InChI=1S/C14H10ClFINO/c1-8-2-4-10(17)7-13(8)18-14(19)11-5-3-9(15)6-12(11)16/h2-7H,1H3,(H,18,19). The van der Waals surface area contributed by atoms with Crippen LogP contribution >= 0.6 is 34.2 Å². The third kappa shape index (κ3) is 3.45. The highest BCUT2D eigenvalue weighted by molar-refractivity contribution is 14.1. The van der Waals surface area contributed by atoms with Crippen LogP contribution < -0.4 is 5.32 Å². The van der Waals surface area contributed by atoms with Crippen molar-refractivity contribution in [3.8, 4) is 0 Å². The van der Waals surface area contributed by atoms with Crippen LogP contribution in [0.4, 0.5) is 10.1 Å². The second-order valence-electron chi connectivity index (χ2n) is 4.04. The van der Waals surface area contributed by atoms with E-state index in [1.54, 1.807) is 0 Å². The maximum atomic E-state index is 13.6. The van der Waals surface area contributed by atoms with Gasteiger partial charge >= 0.3 is 0 Å². The molecule has 2 nitrogen and oxygen atoms in total. The van der Waals surface area contributed by atoms with Gasteiger partial charge in [-0.3, -0.25) is 4.79 Å². The lowest BCUT2D eigenvalue weighted by Gasteiger charge is -2.09. The summed E-state index contributed by atoms with van der Waals surface area (Å²) in [6.45, 7) is 1.88. The Kier molecular flexibility index (Phi) is 4.42. The number of anilines is 1. The van der Waals surface area contributed by atoms with Gasteiger partial charge in [0.2, 0.25) is 0 Å². The van der Waals surface area contributed by atoms with E-state index in [0.29, 0.717) is 5.69 Å². The van der Waals surface area contributed by atoms with Crippen molar-refractivity contribution in [1.29, 1.82) is 0 Å². The first-order valence-corrected chi connectivity index (χ1v) is 6.95. The molecule has 1 amide bonds. The Hall–Kier alpha value is -1.14. The number of carbonyl (C=O) groups excluding carboxylic acids is 1. The van der Waals surface area contributed by atoms with E-state index in [2.05, 4.69) is 27.9 Å². The van der Waals surface area contributed by atoms with E-state index < -0.39 is 11.7 Å². The van der Waals surface area contributed by atoms with E-state index >= 15 is 0 Å². The quantitative estimate of drug-likeness (QED) is 0.745. The molecule has 0 saturated carbocycles. The zero-order chi connectivity index (χ0) is 14.0. The Morgan fingerprint density at radius 1 is 1.26 bits per heavy atom. The van der Waals surface area contributed by atoms with Crippen LogP contribution in [0.15, 0.2) is 36.4 Å². The Morgan fingerprint density at radius 3 is 2.68 bits per heavy atom. The van der Waals surface area contributed by atoms with E-state index in [-0.39, 0.29) is 10.6 Å². The molecule has 0 aliphatic rings. The molecule has 0 heterocycles. The largest absolute Gasteiger partial charge is 0.322 e. The number of benzene rings is 2. The monoisotopic (exact) mass is 389 g/mol. The smallest absolute Gasteiger partial charge is 0.258 e. The normalized spacial score (nSPS) is 10.3. The zero-order valence-electron chi connectivity index (χ0n) is 10.0. The van der Waals surface area contributed by atoms with Crippen molar-refractivity contribution in [2.24, 2.45) is 0 Å². The van der Waals surface area contributed by atoms with Gasteiger partial charge in [0.25, 0.3) is 5.91 Å². The third-order valence-corrected chi connectivity index (χ3v) is 3.53. The number of hydrogen-bond acceptors (Lipinski definition) is 1. The molecule has 0 radical (unpaired) electrons. The molecule has 2 aromatic rings. The van der Waals surface area contributed by atoms with Gasteiger partial charge in [-0.2, -0.15) is 0 Å². The van der Waals surface area contributed by atoms with Gasteiger partial charge < -0.3 is 5.32 Å². The summed E-state index contributed by atoms with van der Waals surface area (Å²) in [7, 11) is 0. The lowest BCUT2D eigenvalue weighted by molar-refractivity contribution is 0.102. The molecular weight excluding hydrogens is 380 g/mol. The second-order valence-corrected chi connectivity index (χ2v) is 5.72. The van der Waals surface area contributed by atoms with E-state index in [0.717, 1.165) is 15.2 Å². The van der Waals surface area contributed by atoms with Crippen LogP contribution in [0.25, 0.3) is 0 Å². The summed E-state index contributed by atoms with van der Waals surface area (Å²) in [5, 5.41) is 2.96. The molecule has 98 valence electrons. The molecule has 5 heteroatoms. The summed E-state index contributed by atoms with van der Waals surface area (Å²) in [6, 6.07) is 9.65. The number of nitrogens with one attached hydrogen (secondary N) is 1. The van der Waals surface area contributed by atoms with Crippen LogP contribution in [-0.4, -0.2) is 5.91 Å². The van der Waals surface area contributed by atoms with Crippen molar-refractivity contribution < 1.29 is 9.18 Å². The molecule has 0 aliphatic heterocycles. The lowest BCUT2D eigenvalue weighted by Crippen LogP contribution is -2.14. The Labute approximate surface area is 129 Å². The van der Waals surface area contributed by atoms with Crippen molar-refractivity contribution in [3.63, 3.8) is 0 Å². The van der Waals surface area contributed by atoms with Gasteiger partial charge in [-0.05, 0) is 65.4 Å².